The molecule has 0 saturated heterocycles. The molecule has 0 bridgehead atoms. The summed E-state index contributed by atoms with van der Waals surface area (Å²) in [5.41, 5.74) is 14.9. The Morgan fingerprint density at radius 1 is 0.407 bits per heavy atom. The summed E-state index contributed by atoms with van der Waals surface area (Å²) in [6.07, 6.45) is 0. The van der Waals surface area contributed by atoms with E-state index in [1.165, 1.54) is 27.6 Å². The molecule has 0 N–H and O–H groups in total. The lowest BCUT2D eigenvalue weighted by Crippen LogP contribution is -2.37. The van der Waals surface area contributed by atoms with E-state index >= 15 is 0 Å². The largest absolute Gasteiger partial charge is 0.455 e. The zero-order chi connectivity index (χ0) is 38.9. The Bertz CT molecular complexity index is 3280. The molecule has 0 unspecified atom stereocenters. The summed E-state index contributed by atoms with van der Waals surface area (Å²) in [5, 5.41) is 5.62. The smallest absolute Gasteiger partial charge is 0.143 e. The van der Waals surface area contributed by atoms with Gasteiger partial charge in [0, 0.05) is 43.7 Å². The second-order valence-electron chi connectivity index (χ2n) is 15.4. The molecule has 3 heterocycles. The maximum absolute atomic E-state index is 6.86. The summed E-state index contributed by atoms with van der Waals surface area (Å²) >= 11 is 0. The van der Waals surface area contributed by atoms with Crippen LogP contribution in [0.15, 0.2) is 223 Å². The second kappa shape index (κ2) is 13.2. The molecule has 276 valence electrons. The lowest BCUT2D eigenvalue weighted by molar-refractivity contribution is 0.670. The van der Waals surface area contributed by atoms with Crippen LogP contribution in [0.25, 0.3) is 66.0 Å². The topological polar surface area (TPSA) is 29.3 Å². The van der Waals surface area contributed by atoms with Gasteiger partial charge in [0.2, 0.25) is 0 Å². The SMILES string of the molecule is c1ccc(-c2nc3ccccc3c3c2ccc2oc4c(-c5ccc(N6c7ccccc7C(c7ccccc7)(c7ccccc7)c7ccccc76)cc5)cccc4c23)cc1. The van der Waals surface area contributed by atoms with Gasteiger partial charge in [-0.25, -0.2) is 4.98 Å². The van der Waals surface area contributed by atoms with E-state index in [9.17, 15) is 0 Å². The molecule has 1 aliphatic heterocycles. The molecular weight excluding hydrogens is 717 g/mol. The van der Waals surface area contributed by atoms with Gasteiger partial charge in [0.15, 0.2) is 0 Å². The van der Waals surface area contributed by atoms with Crippen LogP contribution in [0.5, 0.6) is 0 Å². The van der Waals surface area contributed by atoms with Crippen molar-refractivity contribution >= 4 is 60.7 Å². The van der Waals surface area contributed by atoms with E-state index in [4.69, 9.17) is 9.40 Å². The molecule has 59 heavy (non-hydrogen) atoms. The van der Waals surface area contributed by atoms with E-state index in [-0.39, 0.29) is 0 Å². The van der Waals surface area contributed by atoms with Crippen molar-refractivity contribution in [1.82, 2.24) is 4.98 Å². The van der Waals surface area contributed by atoms with Crippen molar-refractivity contribution in [1.29, 1.82) is 0 Å². The molecule has 3 nitrogen and oxygen atoms in total. The molecule has 3 heteroatoms. The zero-order valence-electron chi connectivity index (χ0n) is 32.1. The minimum absolute atomic E-state index is 0.503. The third kappa shape index (κ3) is 4.92. The Kier molecular flexibility index (Phi) is 7.45. The van der Waals surface area contributed by atoms with Crippen molar-refractivity contribution in [3.05, 3.63) is 241 Å². The molecular formula is C56H36N2O. The third-order valence-electron chi connectivity index (χ3n) is 12.3. The lowest BCUT2D eigenvalue weighted by atomic mass is 9.62. The minimum atomic E-state index is -0.503. The first-order valence-corrected chi connectivity index (χ1v) is 20.2. The molecule has 11 aromatic rings. The van der Waals surface area contributed by atoms with E-state index in [2.05, 4.69) is 223 Å². The maximum atomic E-state index is 6.86. The Balaban J connectivity index is 1.03. The fourth-order valence-electron chi connectivity index (χ4n) is 9.85. The molecule has 12 rings (SSSR count). The van der Waals surface area contributed by atoms with Crippen LogP contribution in [0.3, 0.4) is 0 Å². The predicted octanol–water partition coefficient (Wildman–Crippen LogP) is 14.8. The molecule has 0 saturated carbocycles. The maximum Gasteiger partial charge on any atom is 0.143 e. The Hall–Kier alpha value is -7.75. The highest BCUT2D eigenvalue weighted by molar-refractivity contribution is 6.29. The zero-order valence-corrected chi connectivity index (χ0v) is 32.1. The molecule has 0 spiro atoms. The molecule has 1 aliphatic rings. The van der Waals surface area contributed by atoms with Gasteiger partial charge in [0.05, 0.1) is 28.0 Å². The number of hydrogen-bond donors (Lipinski definition) is 0. The summed E-state index contributed by atoms with van der Waals surface area (Å²) in [5.74, 6) is 0. The summed E-state index contributed by atoms with van der Waals surface area (Å²) in [7, 11) is 0. The van der Waals surface area contributed by atoms with Crippen molar-refractivity contribution in [3.8, 4) is 22.4 Å². The van der Waals surface area contributed by atoms with Crippen LogP contribution in [0, 0.1) is 0 Å². The number of para-hydroxylation sites is 4. The van der Waals surface area contributed by atoms with Gasteiger partial charge in [-0.05, 0) is 70.3 Å². The quantitative estimate of drug-likeness (QED) is 0.164. The van der Waals surface area contributed by atoms with Crippen LogP contribution in [-0.4, -0.2) is 4.98 Å². The van der Waals surface area contributed by atoms with Crippen LogP contribution in [0.1, 0.15) is 22.3 Å². The van der Waals surface area contributed by atoms with Crippen LogP contribution >= 0.6 is 0 Å². The van der Waals surface area contributed by atoms with E-state index in [1.54, 1.807) is 0 Å². The van der Waals surface area contributed by atoms with E-state index in [0.717, 1.165) is 77.7 Å². The number of furan rings is 1. The molecule has 0 atom stereocenters. The molecule has 0 aliphatic carbocycles. The monoisotopic (exact) mass is 752 g/mol. The normalized spacial score (nSPS) is 13.2. The van der Waals surface area contributed by atoms with Crippen LogP contribution < -0.4 is 4.90 Å². The molecule has 0 amide bonds. The summed E-state index contributed by atoms with van der Waals surface area (Å²) in [6.45, 7) is 0. The van der Waals surface area contributed by atoms with Gasteiger partial charge in [-0.15, -0.1) is 0 Å². The highest BCUT2D eigenvalue weighted by Gasteiger charge is 2.46. The van der Waals surface area contributed by atoms with Crippen molar-refractivity contribution < 1.29 is 4.42 Å². The van der Waals surface area contributed by atoms with Crippen LogP contribution in [0.4, 0.5) is 17.1 Å². The summed E-state index contributed by atoms with van der Waals surface area (Å²) in [6, 6.07) is 78.5. The second-order valence-corrected chi connectivity index (χ2v) is 15.4. The molecule has 9 aromatic carbocycles. The molecule has 2 aromatic heterocycles. The predicted molar refractivity (Wildman–Crippen MR) is 244 cm³/mol. The summed E-state index contributed by atoms with van der Waals surface area (Å²) in [4.78, 5) is 7.62. The van der Waals surface area contributed by atoms with Gasteiger partial charge >= 0.3 is 0 Å². The average Bonchev–Trinajstić information content (AvgIpc) is 3.71. The first-order valence-electron chi connectivity index (χ1n) is 20.2. The Morgan fingerprint density at radius 2 is 0.983 bits per heavy atom. The number of aromatic nitrogens is 1. The first-order chi connectivity index (χ1) is 29.3. The van der Waals surface area contributed by atoms with Gasteiger partial charge in [0.25, 0.3) is 0 Å². The summed E-state index contributed by atoms with van der Waals surface area (Å²) < 4.78 is 6.86. The Morgan fingerprint density at radius 3 is 1.66 bits per heavy atom. The van der Waals surface area contributed by atoms with Crippen LogP contribution in [0.2, 0.25) is 0 Å². The highest BCUT2D eigenvalue weighted by atomic mass is 16.3. The van der Waals surface area contributed by atoms with Gasteiger partial charge in [-0.2, -0.15) is 0 Å². The first kappa shape index (κ1) is 33.4. The standard InChI is InChI=1S/C56H36N2O/c1-4-17-38(18-5-1)54-44-35-36-51-53(52(44)43-23-10-13-28-48(43)57-54)45-25-16-24-42(55(45)59-51)37-31-33-41(34-32-37)58-49-29-14-11-26-46(49)56(39-19-6-2-7-20-39,40-21-8-3-9-22-40)47-27-12-15-30-50(47)58/h1-36H. The average molecular weight is 753 g/mol. The third-order valence-corrected chi connectivity index (χ3v) is 12.3. The molecule has 0 fully saturated rings. The van der Waals surface area contributed by atoms with Crippen LogP contribution in [-0.2, 0) is 5.41 Å². The number of pyridine rings is 1. The number of hydrogen-bond acceptors (Lipinski definition) is 3. The van der Waals surface area contributed by atoms with Crippen molar-refractivity contribution in [2.75, 3.05) is 4.90 Å². The fourth-order valence-corrected chi connectivity index (χ4v) is 9.85. The van der Waals surface area contributed by atoms with Crippen molar-refractivity contribution in [2.24, 2.45) is 0 Å². The van der Waals surface area contributed by atoms with Gasteiger partial charge in [0.1, 0.15) is 11.2 Å². The van der Waals surface area contributed by atoms with E-state index in [1.807, 2.05) is 0 Å². The number of benzene rings is 9. The number of anilines is 3. The van der Waals surface area contributed by atoms with Gasteiger partial charge < -0.3 is 9.32 Å². The van der Waals surface area contributed by atoms with E-state index in [0.29, 0.717) is 0 Å². The number of nitrogens with zero attached hydrogens (tertiary/aromatic N) is 2. The van der Waals surface area contributed by atoms with Gasteiger partial charge in [-0.3, -0.25) is 0 Å². The number of rotatable bonds is 5. The van der Waals surface area contributed by atoms with Gasteiger partial charge in [-0.1, -0.05) is 176 Å². The minimum Gasteiger partial charge on any atom is -0.455 e. The fraction of sp³-hybridized carbons (Fsp3) is 0.0179. The Labute approximate surface area is 342 Å². The van der Waals surface area contributed by atoms with E-state index < -0.39 is 5.41 Å². The lowest BCUT2D eigenvalue weighted by Gasteiger charge is -2.46. The highest BCUT2D eigenvalue weighted by Crippen LogP contribution is 2.57. The van der Waals surface area contributed by atoms with Crippen molar-refractivity contribution in [3.63, 3.8) is 0 Å². The molecule has 0 radical (unpaired) electrons. The number of fused-ring (bicyclic) bond motifs is 9. The van der Waals surface area contributed by atoms with Crippen molar-refractivity contribution in [2.45, 2.75) is 5.41 Å².